The summed E-state index contributed by atoms with van der Waals surface area (Å²) in [5.74, 6) is -0.222. The molecule has 0 saturated heterocycles. The average Bonchev–Trinajstić information content (AvgIpc) is 3.14. The lowest BCUT2D eigenvalue weighted by molar-refractivity contribution is -0.116. The second-order valence-electron chi connectivity index (χ2n) is 8.06. The van der Waals surface area contributed by atoms with Crippen molar-refractivity contribution in [2.24, 2.45) is 0 Å². The Morgan fingerprint density at radius 2 is 1.67 bits per heavy atom. The number of aryl methyl sites for hydroxylation is 1. The van der Waals surface area contributed by atoms with Crippen LogP contribution in [-0.2, 0) is 11.3 Å². The lowest BCUT2D eigenvalue weighted by Gasteiger charge is -2.09. The summed E-state index contributed by atoms with van der Waals surface area (Å²) in [5, 5.41) is 6.00. The largest absolute Gasteiger partial charge is 0.325 e. The first-order valence-electron chi connectivity index (χ1n) is 10.6. The van der Waals surface area contributed by atoms with Gasteiger partial charge in [-0.25, -0.2) is 4.98 Å². The Bertz CT molecular complexity index is 1370. The van der Waals surface area contributed by atoms with E-state index in [1.165, 1.54) is 16.5 Å². The minimum Gasteiger partial charge on any atom is -0.325 e. The monoisotopic (exact) mass is 460 g/mol. The predicted molar refractivity (Wildman–Crippen MR) is 132 cm³/mol. The number of fused-ring (bicyclic) bond motifs is 1. The fourth-order valence-electron chi connectivity index (χ4n) is 3.50. The van der Waals surface area contributed by atoms with E-state index in [0.29, 0.717) is 37.9 Å². The molecule has 2 N–H and O–H groups in total. The summed E-state index contributed by atoms with van der Waals surface area (Å²) in [6.45, 7) is 5.76. The van der Waals surface area contributed by atoms with Crippen LogP contribution in [0.15, 0.2) is 65.7 Å². The Hall–Kier alpha value is -3.78. The van der Waals surface area contributed by atoms with Crippen molar-refractivity contribution in [1.29, 1.82) is 0 Å². The van der Waals surface area contributed by atoms with E-state index < -0.39 is 0 Å². The molecule has 4 rings (SSSR count). The Balaban J connectivity index is 1.54. The molecule has 168 valence electrons. The number of rotatable bonds is 6. The van der Waals surface area contributed by atoms with E-state index in [1.54, 1.807) is 19.1 Å². The SMILES string of the molecule is Cc1c(C(=O)Nc2ccccc2)sc2ncn(CC(=O)Nc3ccc(C(C)C)cc3)c(=O)c12. The van der Waals surface area contributed by atoms with Gasteiger partial charge in [-0.1, -0.05) is 44.2 Å². The van der Waals surface area contributed by atoms with Crippen LogP contribution in [0, 0.1) is 6.92 Å². The molecule has 0 aliphatic heterocycles. The molecular formula is C25H24N4O3S. The number of anilines is 2. The van der Waals surface area contributed by atoms with Gasteiger partial charge in [0.15, 0.2) is 0 Å². The molecule has 0 radical (unpaired) electrons. The van der Waals surface area contributed by atoms with Gasteiger partial charge in [-0.15, -0.1) is 11.3 Å². The van der Waals surface area contributed by atoms with E-state index in [2.05, 4.69) is 29.5 Å². The highest BCUT2D eigenvalue weighted by molar-refractivity contribution is 7.20. The van der Waals surface area contributed by atoms with Crippen LogP contribution >= 0.6 is 11.3 Å². The summed E-state index contributed by atoms with van der Waals surface area (Å²) in [7, 11) is 0. The summed E-state index contributed by atoms with van der Waals surface area (Å²) in [5.41, 5.74) is 2.72. The Morgan fingerprint density at radius 1 is 1.00 bits per heavy atom. The van der Waals surface area contributed by atoms with Gasteiger partial charge >= 0.3 is 0 Å². The number of nitrogens with one attached hydrogen (secondary N) is 2. The predicted octanol–water partition coefficient (Wildman–Crippen LogP) is 4.78. The maximum atomic E-state index is 13.1. The van der Waals surface area contributed by atoms with Crippen molar-refractivity contribution < 1.29 is 9.59 Å². The minimum atomic E-state index is -0.349. The molecule has 4 aromatic rings. The normalized spacial score (nSPS) is 11.0. The van der Waals surface area contributed by atoms with Crippen molar-refractivity contribution in [1.82, 2.24) is 9.55 Å². The van der Waals surface area contributed by atoms with Crippen molar-refractivity contribution >= 4 is 44.7 Å². The zero-order valence-corrected chi connectivity index (χ0v) is 19.4. The van der Waals surface area contributed by atoms with Gasteiger partial charge in [0.25, 0.3) is 11.5 Å². The van der Waals surface area contributed by atoms with E-state index >= 15 is 0 Å². The summed E-state index contributed by atoms with van der Waals surface area (Å²) < 4.78 is 1.26. The molecule has 0 bridgehead atoms. The smallest absolute Gasteiger partial charge is 0.266 e. The number of hydrogen-bond donors (Lipinski definition) is 2. The number of hydrogen-bond acceptors (Lipinski definition) is 5. The van der Waals surface area contributed by atoms with Gasteiger partial charge in [0.05, 0.1) is 16.6 Å². The van der Waals surface area contributed by atoms with Crippen LogP contribution in [0.4, 0.5) is 11.4 Å². The molecule has 0 spiro atoms. The first-order valence-corrected chi connectivity index (χ1v) is 11.4. The highest BCUT2D eigenvalue weighted by Gasteiger charge is 2.20. The van der Waals surface area contributed by atoms with Gasteiger partial charge in [0.2, 0.25) is 5.91 Å². The fraction of sp³-hybridized carbons (Fsp3) is 0.200. The van der Waals surface area contributed by atoms with Crippen molar-refractivity contribution in [3.63, 3.8) is 0 Å². The van der Waals surface area contributed by atoms with Gasteiger partial charge in [-0.3, -0.25) is 19.0 Å². The Labute approximate surface area is 195 Å². The molecule has 2 amide bonds. The van der Waals surface area contributed by atoms with E-state index in [-0.39, 0.29) is 23.9 Å². The lowest BCUT2D eigenvalue weighted by Crippen LogP contribution is -2.28. The van der Waals surface area contributed by atoms with Crippen LogP contribution in [0.5, 0.6) is 0 Å². The zero-order valence-electron chi connectivity index (χ0n) is 18.6. The van der Waals surface area contributed by atoms with Crippen LogP contribution in [-0.4, -0.2) is 21.4 Å². The standard InChI is InChI=1S/C25H24N4O3S/c1-15(2)17-9-11-19(12-10-17)27-20(30)13-29-14-26-24-21(25(29)32)16(3)22(33-24)23(31)28-18-7-5-4-6-8-18/h4-12,14-15H,13H2,1-3H3,(H,27,30)(H,28,31). The summed E-state index contributed by atoms with van der Waals surface area (Å²) in [6, 6.07) is 16.7. The number of carbonyl (C=O) groups is 2. The maximum Gasteiger partial charge on any atom is 0.266 e. The quantitative estimate of drug-likeness (QED) is 0.433. The molecular weight excluding hydrogens is 436 g/mol. The molecule has 2 aromatic heterocycles. The van der Waals surface area contributed by atoms with E-state index in [4.69, 9.17) is 0 Å². The van der Waals surface area contributed by atoms with Gasteiger partial charge in [-0.2, -0.15) is 0 Å². The summed E-state index contributed by atoms with van der Waals surface area (Å²) >= 11 is 1.16. The van der Waals surface area contributed by atoms with Crippen molar-refractivity contribution in [3.05, 3.63) is 87.3 Å². The topological polar surface area (TPSA) is 93.1 Å². The first-order chi connectivity index (χ1) is 15.8. The number of aromatic nitrogens is 2. The average molecular weight is 461 g/mol. The Kier molecular flexibility index (Phi) is 6.37. The number of benzene rings is 2. The lowest BCUT2D eigenvalue weighted by atomic mass is 10.0. The minimum absolute atomic E-state index is 0.172. The molecule has 0 fully saturated rings. The third-order valence-corrected chi connectivity index (χ3v) is 6.53. The highest BCUT2D eigenvalue weighted by Crippen LogP contribution is 2.27. The second kappa shape index (κ2) is 9.38. The molecule has 0 aliphatic rings. The number of amides is 2. The number of para-hydroxylation sites is 1. The molecule has 0 saturated carbocycles. The number of carbonyl (C=O) groups excluding carboxylic acids is 2. The van der Waals surface area contributed by atoms with E-state index in [0.717, 1.165) is 11.3 Å². The number of thiophene rings is 1. The molecule has 0 atom stereocenters. The van der Waals surface area contributed by atoms with Crippen molar-refractivity contribution in [2.75, 3.05) is 10.6 Å². The Morgan fingerprint density at radius 3 is 2.33 bits per heavy atom. The molecule has 7 nitrogen and oxygen atoms in total. The van der Waals surface area contributed by atoms with Gasteiger partial charge in [0.1, 0.15) is 11.4 Å². The van der Waals surface area contributed by atoms with Crippen LogP contribution in [0.3, 0.4) is 0 Å². The molecule has 33 heavy (non-hydrogen) atoms. The zero-order chi connectivity index (χ0) is 23.5. The number of nitrogens with zero attached hydrogens (tertiary/aromatic N) is 2. The highest BCUT2D eigenvalue weighted by atomic mass is 32.1. The van der Waals surface area contributed by atoms with Gasteiger partial charge < -0.3 is 10.6 Å². The molecule has 0 aliphatic carbocycles. The summed E-state index contributed by atoms with van der Waals surface area (Å²) in [6.07, 6.45) is 1.35. The van der Waals surface area contributed by atoms with Crippen LogP contribution < -0.4 is 16.2 Å². The van der Waals surface area contributed by atoms with E-state index in [1.807, 2.05) is 42.5 Å². The van der Waals surface area contributed by atoms with Crippen LogP contribution in [0.1, 0.15) is 40.6 Å². The van der Waals surface area contributed by atoms with Crippen molar-refractivity contribution in [3.8, 4) is 0 Å². The van der Waals surface area contributed by atoms with Crippen molar-refractivity contribution in [2.45, 2.75) is 33.2 Å². The van der Waals surface area contributed by atoms with E-state index in [9.17, 15) is 14.4 Å². The molecule has 0 unspecified atom stereocenters. The van der Waals surface area contributed by atoms with Crippen LogP contribution in [0.2, 0.25) is 0 Å². The van der Waals surface area contributed by atoms with Crippen LogP contribution in [0.25, 0.3) is 10.2 Å². The summed E-state index contributed by atoms with van der Waals surface area (Å²) in [4.78, 5) is 43.6. The molecule has 2 heterocycles. The third-order valence-electron chi connectivity index (χ3n) is 5.33. The second-order valence-corrected chi connectivity index (χ2v) is 9.06. The molecule has 8 heteroatoms. The third kappa shape index (κ3) is 4.85. The first kappa shape index (κ1) is 22.4. The fourth-order valence-corrected chi connectivity index (χ4v) is 4.54. The maximum absolute atomic E-state index is 13.1. The van der Waals surface area contributed by atoms with Gasteiger partial charge in [-0.05, 0) is 48.2 Å². The van der Waals surface area contributed by atoms with Gasteiger partial charge in [0, 0.05) is 11.4 Å². The molecule has 2 aromatic carbocycles.